The van der Waals surface area contributed by atoms with Crippen molar-refractivity contribution in [3.8, 4) is 11.4 Å². The maximum Gasteiger partial charge on any atom is 0.275 e. The summed E-state index contributed by atoms with van der Waals surface area (Å²) in [7, 11) is 1.63. The Hall–Kier alpha value is -2.56. The number of hydrogen-bond acceptors (Lipinski definition) is 4. The number of aromatic nitrogens is 4. The van der Waals surface area contributed by atoms with Crippen LogP contribution in [0.3, 0.4) is 0 Å². The lowest BCUT2D eigenvalue weighted by atomic mass is 10.2. The highest BCUT2D eigenvalue weighted by Gasteiger charge is 2.11. The second kappa shape index (κ2) is 4.03. The van der Waals surface area contributed by atoms with Gasteiger partial charge < -0.3 is 0 Å². The summed E-state index contributed by atoms with van der Waals surface area (Å²) in [6.07, 6.45) is 3.34. The Morgan fingerprint density at radius 3 is 2.67 bits per heavy atom. The molecule has 0 aliphatic carbocycles. The molecule has 5 heteroatoms. The summed E-state index contributed by atoms with van der Waals surface area (Å²) in [5.74, 6) is 0. The molecule has 18 heavy (non-hydrogen) atoms. The number of nitrogens with zero attached hydrogens (tertiary/aromatic N) is 4. The van der Waals surface area contributed by atoms with Crippen molar-refractivity contribution < 1.29 is 0 Å². The second-order valence-electron chi connectivity index (χ2n) is 3.89. The van der Waals surface area contributed by atoms with Gasteiger partial charge in [-0.3, -0.25) is 14.8 Å². The molecule has 0 unspecified atom stereocenters. The fourth-order valence-corrected chi connectivity index (χ4v) is 1.86. The normalized spacial score (nSPS) is 10.7. The summed E-state index contributed by atoms with van der Waals surface area (Å²) in [6, 6.07) is 9.05. The van der Waals surface area contributed by atoms with Crippen molar-refractivity contribution >= 4 is 10.9 Å². The first-order valence-corrected chi connectivity index (χ1v) is 5.51. The average molecular weight is 238 g/mol. The van der Waals surface area contributed by atoms with E-state index in [9.17, 15) is 4.79 Å². The van der Waals surface area contributed by atoms with Crippen LogP contribution >= 0.6 is 0 Å². The molecule has 0 amide bonds. The largest absolute Gasteiger partial charge is 0.275 e. The lowest BCUT2D eigenvalue weighted by Crippen LogP contribution is -2.20. The van der Waals surface area contributed by atoms with Gasteiger partial charge in [-0.2, -0.15) is 5.10 Å². The zero-order valence-electron chi connectivity index (χ0n) is 9.74. The molecule has 3 aromatic heterocycles. The average Bonchev–Trinajstić information content (AvgIpc) is 2.44. The molecule has 3 heterocycles. The first kappa shape index (κ1) is 10.6. The Bertz CT molecular complexity index is 765. The third-order valence-corrected chi connectivity index (χ3v) is 2.71. The molecule has 0 bridgehead atoms. The van der Waals surface area contributed by atoms with Gasteiger partial charge in [-0.15, -0.1) is 0 Å². The fourth-order valence-electron chi connectivity index (χ4n) is 1.86. The van der Waals surface area contributed by atoms with Crippen molar-refractivity contribution in [2.45, 2.75) is 0 Å². The first-order chi connectivity index (χ1) is 8.77. The quantitative estimate of drug-likeness (QED) is 0.642. The van der Waals surface area contributed by atoms with Crippen molar-refractivity contribution in [2.24, 2.45) is 7.05 Å². The fraction of sp³-hybridized carbons (Fsp3) is 0.0769. The van der Waals surface area contributed by atoms with Gasteiger partial charge in [-0.1, -0.05) is 6.07 Å². The molecule has 0 fully saturated rings. The van der Waals surface area contributed by atoms with Gasteiger partial charge in [0.15, 0.2) is 0 Å². The summed E-state index contributed by atoms with van der Waals surface area (Å²) < 4.78 is 1.31. The first-order valence-electron chi connectivity index (χ1n) is 5.51. The van der Waals surface area contributed by atoms with Gasteiger partial charge in [0.05, 0.1) is 11.1 Å². The molecule has 0 aromatic carbocycles. The zero-order valence-corrected chi connectivity index (χ0v) is 9.74. The van der Waals surface area contributed by atoms with Crippen molar-refractivity contribution in [2.75, 3.05) is 0 Å². The topological polar surface area (TPSA) is 60.7 Å². The molecule has 3 aromatic rings. The van der Waals surface area contributed by atoms with Crippen LogP contribution < -0.4 is 5.56 Å². The predicted octanol–water partition coefficient (Wildman–Crippen LogP) is 1.39. The van der Waals surface area contributed by atoms with E-state index in [1.54, 1.807) is 31.6 Å². The van der Waals surface area contributed by atoms with E-state index in [1.165, 1.54) is 4.68 Å². The number of fused-ring (bicyclic) bond motifs is 1. The minimum atomic E-state index is -0.155. The van der Waals surface area contributed by atoms with Crippen LogP contribution in [0.1, 0.15) is 0 Å². The lowest BCUT2D eigenvalue weighted by molar-refractivity contribution is 0.720. The third kappa shape index (κ3) is 1.57. The highest BCUT2D eigenvalue weighted by atomic mass is 16.1. The van der Waals surface area contributed by atoms with Crippen LogP contribution in [-0.4, -0.2) is 19.7 Å². The molecule has 0 aliphatic rings. The van der Waals surface area contributed by atoms with Gasteiger partial charge in [0, 0.05) is 19.4 Å². The molecule has 3 rings (SSSR count). The second-order valence-corrected chi connectivity index (χ2v) is 3.89. The smallest absolute Gasteiger partial charge is 0.267 e. The van der Waals surface area contributed by atoms with Crippen molar-refractivity contribution in [3.05, 3.63) is 53.1 Å². The van der Waals surface area contributed by atoms with Crippen molar-refractivity contribution in [1.29, 1.82) is 0 Å². The Kier molecular flexibility index (Phi) is 2.37. The highest BCUT2D eigenvalue weighted by Crippen LogP contribution is 2.19. The van der Waals surface area contributed by atoms with Gasteiger partial charge in [0.25, 0.3) is 5.56 Å². The van der Waals surface area contributed by atoms with E-state index in [1.807, 2.05) is 18.2 Å². The van der Waals surface area contributed by atoms with Gasteiger partial charge in [0.2, 0.25) is 0 Å². The molecule has 0 radical (unpaired) electrons. The van der Waals surface area contributed by atoms with Gasteiger partial charge in [-0.05, 0) is 24.3 Å². The third-order valence-electron chi connectivity index (χ3n) is 2.71. The van der Waals surface area contributed by atoms with Crippen LogP contribution in [0.4, 0.5) is 0 Å². The van der Waals surface area contributed by atoms with Crippen LogP contribution in [0.2, 0.25) is 0 Å². The number of rotatable bonds is 1. The van der Waals surface area contributed by atoms with Crippen LogP contribution in [0, 0.1) is 0 Å². The molecular formula is C13H10N4O. The van der Waals surface area contributed by atoms with Crippen molar-refractivity contribution in [3.63, 3.8) is 0 Å². The zero-order chi connectivity index (χ0) is 12.5. The predicted molar refractivity (Wildman–Crippen MR) is 68.0 cm³/mol. The standard InChI is InChI=1S/C13H10N4O/c1-17-13(18)9-5-4-8-15-11(9)12(16-17)10-6-2-3-7-14-10/h2-8H,1H3. The Balaban J connectivity index is 2.44. The molecular weight excluding hydrogens is 228 g/mol. The van der Waals surface area contributed by atoms with Crippen LogP contribution in [0.25, 0.3) is 22.3 Å². The Morgan fingerprint density at radius 2 is 1.89 bits per heavy atom. The molecule has 0 N–H and O–H groups in total. The highest BCUT2D eigenvalue weighted by molar-refractivity contribution is 5.89. The van der Waals surface area contributed by atoms with E-state index in [0.717, 1.165) is 0 Å². The number of pyridine rings is 2. The summed E-state index contributed by atoms with van der Waals surface area (Å²) in [4.78, 5) is 20.4. The van der Waals surface area contributed by atoms with E-state index in [0.29, 0.717) is 22.3 Å². The minimum absolute atomic E-state index is 0.155. The molecule has 0 spiro atoms. The Morgan fingerprint density at radius 1 is 1.06 bits per heavy atom. The summed E-state index contributed by atoms with van der Waals surface area (Å²) in [6.45, 7) is 0. The van der Waals surface area contributed by atoms with Crippen LogP contribution in [0.15, 0.2) is 47.5 Å². The van der Waals surface area contributed by atoms with E-state index in [-0.39, 0.29) is 5.56 Å². The molecule has 0 atom stereocenters. The SMILES string of the molecule is Cn1nc(-c2ccccn2)c2ncccc2c1=O. The molecule has 5 nitrogen and oxygen atoms in total. The lowest BCUT2D eigenvalue weighted by Gasteiger charge is -2.06. The number of hydrogen-bond donors (Lipinski definition) is 0. The molecule has 0 aliphatic heterocycles. The van der Waals surface area contributed by atoms with E-state index < -0.39 is 0 Å². The van der Waals surface area contributed by atoms with E-state index >= 15 is 0 Å². The van der Waals surface area contributed by atoms with Gasteiger partial charge in [0.1, 0.15) is 11.2 Å². The molecule has 88 valence electrons. The van der Waals surface area contributed by atoms with Crippen LogP contribution in [0.5, 0.6) is 0 Å². The molecule has 0 saturated heterocycles. The maximum absolute atomic E-state index is 12.0. The van der Waals surface area contributed by atoms with Gasteiger partial charge in [-0.25, -0.2) is 4.68 Å². The summed E-state index contributed by atoms with van der Waals surface area (Å²) >= 11 is 0. The minimum Gasteiger partial charge on any atom is -0.267 e. The number of aryl methyl sites for hydroxylation is 1. The monoisotopic (exact) mass is 238 g/mol. The molecule has 0 saturated carbocycles. The van der Waals surface area contributed by atoms with Crippen molar-refractivity contribution in [1.82, 2.24) is 19.7 Å². The van der Waals surface area contributed by atoms with Crippen LogP contribution in [-0.2, 0) is 7.05 Å². The van der Waals surface area contributed by atoms with Gasteiger partial charge >= 0.3 is 0 Å². The van der Waals surface area contributed by atoms with E-state index in [4.69, 9.17) is 0 Å². The Labute approximate surface area is 103 Å². The van der Waals surface area contributed by atoms with E-state index in [2.05, 4.69) is 15.1 Å². The maximum atomic E-state index is 12.0. The summed E-state index contributed by atoms with van der Waals surface area (Å²) in [5.41, 5.74) is 1.75. The summed E-state index contributed by atoms with van der Waals surface area (Å²) in [5, 5.41) is 4.80.